The number of rotatable bonds is 9. The molecule has 1 unspecified atom stereocenters. The van der Waals surface area contributed by atoms with E-state index in [0.717, 1.165) is 0 Å². The van der Waals surface area contributed by atoms with E-state index < -0.39 is 77.9 Å². The smallest absolute Gasteiger partial charge is 0.325 e. The molecule has 8 atom stereocenters. The highest BCUT2D eigenvalue weighted by Gasteiger charge is 2.38. The molecule has 16 nitrogen and oxygen atoms in total. The summed E-state index contributed by atoms with van der Waals surface area (Å²) < 4.78 is 11.3. The maximum absolute atomic E-state index is 14.3. The number of esters is 1. The fourth-order valence-corrected chi connectivity index (χ4v) is 7.13. The number of aliphatic hydroxyl groups excluding tert-OH is 2. The number of carbonyl (C=O) groups is 6. The Hall–Kier alpha value is -5.16. The minimum Gasteiger partial charge on any atom is -0.508 e. The average molecular weight is 836 g/mol. The van der Waals surface area contributed by atoms with Crippen molar-refractivity contribution < 1.29 is 53.6 Å². The minimum atomic E-state index is -1.42. The van der Waals surface area contributed by atoms with Crippen LogP contribution in [-0.4, -0.2) is 123 Å². The molecule has 2 saturated heterocycles. The number of aliphatic hydroxyl groups is 2. The molecule has 2 fully saturated rings. The highest BCUT2D eigenvalue weighted by Crippen LogP contribution is 2.24. The van der Waals surface area contributed by atoms with Gasteiger partial charge in [-0.15, -0.1) is 0 Å². The van der Waals surface area contributed by atoms with Gasteiger partial charge in [-0.2, -0.15) is 0 Å². The number of hydrogen-bond acceptors (Lipinski definition) is 12. The van der Waals surface area contributed by atoms with E-state index in [-0.39, 0.29) is 56.4 Å². The Morgan fingerprint density at radius 1 is 1.03 bits per heavy atom. The second-order valence-electron chi connectivity index (χ2n) is 16.0. The maximum atomic E-state index is 14.3. The highest BCUT2D eigenvalue weighted by atomic mass is 16.5. The summed E-state index contributed by atoms with van der Waals surface area (Å²) >= 11 is 0. The maximum Gasteiger partial charge on any atom is 0.325 e. The lowest BCUT2D eigenvalue weighted by Gasteiger charge is -2.36. The molecule has 0 aliphatic carbocycles. The predicted molar refractivity (Wildman–Crippen MR) is 221 cm³/mol. The highest BCUT2D eigenvalue weighted by molar-refractivity contribution is 5.93. The van der Waals surface area contributed by atoms with Crippen LogP contribution >= 0.6 is 0 Å². The monoisotopic (exact) mass is 835 g/mol. The van der Waals surface area contributed by atoms with Gasteiger partial charge in [-0.25, -0.2) is 5.43 Å². The number of ether oxygens (including phenoxy) is 2. The molecule has 2 bridgehead atoms. The Balaban J connectivity index is 1.70. The lowest BCUT2D eigenvalue weighted by Crippen LogP contribution is -2.62. The molecule has 1 aromatic carbocycles. The van der Waals surface area contributed by atoms with Crippen molar-refractivity contribution in [2.75, 3.05) is 26.4 Å². The molecule has 3 aliphatic rings. The first-order valence-corrected chi connectivity index (χ1v) is 20.6. The number of amides is 4. The van der Waals surface area contributed by atoms with Crippen molar-refractivity contribution in [1.82, 2.24) is 26.0 Å². The van der Waals surface area contributed by atoms with Gasteiger partial charge in [0.15, 0.2) is 0 Å². The van der Waals surface area contributed by atoms with E-state index in [0.29, 0.717) is 37.1 Å². The number of benzene rings is 1. The molecule has 0 radical (unpaired) electrons. The van der Waals surface area contributed by atoms with E-state index in [9.17, 15) is 44.1 Å². The van der Waals surface area contributed by atoms with Crippen molar-refractivity contribution in [2.45, 2.75) is 110 Å². The summed E-state index contributed by atoms with van der Waals surface area (Å²) in [6, 6.07) is 2.91. The molecule has 6 N–H and O–H groups in total. The van der Waals surface area contributed by atoms with Crippen LogP contribution in [0.5, 0.6) is 5.75 Å². The molecule has 4 amide bonds. The van der Waals surface area contributed by atoms with Gasteiger partial charge < -0.3 is 45.1 Å². The number of phenols is 1. The number of cyclic esters (lactones) is 1. The first-order valence-electron chi connectivity index (χ1n) is 20.6. The van der Waals surface area contributed by atoms with Gasteiger partial charge in [-0.05, 0) is 62.3 Å². The quantitative estimate of drug-likeness (QED) is 0.120. The number of hydrazine groups is 1. The molecule has 1 aromatic rings. The topological polar surface area (TPSA) is 224 Å². The Morgan fingerprint density at radius 2 is 1.80 bits per heavy atom. The summed E-state index contributed by atoms with van der Waals surface area (Å²) in [6.45, 7) is 9.48. The zero-order valence-electron chi connectivity index (χ0n) is 35.1. The minimum absolute atomic E-state index is 0.0293. The van der Waals surface area contributed by atoms with Gasteiger partial charge in [0, 0.05) is 44.3 Å². The lowest BCUT2D eigenvalue weighted by molar-refractivity contribution is -0.156. The van der Waals surface area contributed by atoms with Crippen LogP contribution in [0.3, 0.4) is 0 Å². The van der Waals surface area contributed by atoms with E-state index in [1.807, 2.05) is 0 Å². The number of aromatic hydroxyl groups is 1. The number of allylic oxidation sites excluding steroid dienone is 4. The third kappa shape index (κ3) is 14.0. The normalized spacial score (nSPS) is 29.3. The van der Waals surface area contributed by atoms with Crippen LogP contribution in [0.2, 0.25) is 0 Å². The van der Waals surface area contributed by atoms with Gasteiger partial charge in [0.1, 0.15) is 42.5 Å². The lowest BCUT2D eigenvalue weighted by atomic mass is 9.84. The van der Waals surface area contributed by atoms with Gasteiger partial charge in [0.25, 0.3) is 5.91 Å². The summed E-state index contributed by atoms with van der Waals surface area (Å²) in [6.07, 6.45) is 8.47. The van der Waals surface area contributed by atoms with Crippen molar-refractivity contribution in [3.05, 3.63) is 77.9 Å². The van der Waals surface area contributed by atoms with Crippen molar-refractivity contribution >= 4 is 35.4 Å². The fraction of sp³-hybridized carbons (Fsp3) is 0.545. The zero-order valence-corrected chi connectivity index (χ0v) is 35.1. The van der Waals surface area contributed by atoms with Crippen LogP contribution < -0.4 is 16.1 Å². The number of nitrogens with one attached hydrogen (secondary N) is 3. The van der Waals surface area contributed by atoms with E-state index in [1.165, 1.54) is 36.2 Å². The molecule has 3 heterocycles. The van der Waals surface area contributed by atoms with Crippen LogP contribution in [-0.2, 0) is 44.7 Å². The molecule has 4 rings (SSSR count). The second kappa shape index (κ2) is 23.0. The van der Waals surface area contributed by atoms with E-state index in [2.05, 4.69) is 16.1 Å². The number of hydrogen-bond donors (Lipinski definition) is 6. The van der Waals surface area contributed by atoms with Gasteiger partial charge in [-0.3, -0.25) is 29.0 Å². The number of nitrogens with zero attached hydrogens (tertiary/aromatic N) is 2. The standard InChI is InChI=1S/C44H61N5O11/c1-27(2)39-42(56)45-35(25-31-13-10-14-32(51)24-31)43(57)49-21-11-15-34(47-49)44(58)60-37(28(3)12-9-18-38(53)48-22-23-59-26-48)17-8-6-7-16-36(52)30(5)40(54)33(41(55)46-39)20-19-29(4)50/h6-10,12-14,16,18,24,27,30,33-37,39-40,47,51-52,54H,11,15,17,19-23,25-26H2,1-5H3,(H,45,56)(H,46,55)/b8-6+,16-7+,18-9+,28-12+/t30-,33+,34?,35-,36-,37-,39-,40+/m0/s1. The van der Waals surface area contributed by atoms with Crippen molar-refractivity contribution in [3.8, 4) is 5.75 Å². The summed E-state index contributed by atoms with van der Waals surface area (Å²) in [5.74, 6) is -5.61. The van der Waals surface area contributed by atoms with Gasteiger partial charge in [-0.1, -0.05) is 69.4 Å². The molecule has 0 spiro atoms. The molecule has 16 heteroatoms. The van der Waals surface area contributed by atoms with Crippen LogP contribution in [0.1, 0.15) is 72.3 Å². The molecule has 60 heavy (non-hydrogen) atoms. The Morgan fingerprint density at radius 3 is 2.48 bits per heavy atom. The number of phenolic OH excluding ortho intramolecular Hbond substituents is 1. The van der Waals surface area contributed by atoms with Crippen molar-refractivity contribution in [3.63, 3.8) is 0 Å². The number of carbonyl (C=O) groups excluding carboxylic acids is 6. The summed E-state index contributed by atoms with van der Waals surface area (Å²) in [7, 11) is 0. The van der Waals surface area contributed by atoms with Gasteiger partial charge >= 0.3 is 5.97 Å². The van der Waals surface area contributed by atoms with Crippen LogP contribution in [0, 0.1) is 17.8 Å². The van der Waals surface area contributed by atoms with Gasteiger partial charge in [0.05, 0.1) is 24.7 Å². The summed E-state index contributed by atoms with van der Waals surface area (Å²) in [5.41, 5.74) is 4.15. The van der Waals surface area contributed by atoms with E-state index in [1.54, 1.807) is 75.1 Å². The largest absolute Gasteiger partial charge is 0.508 e. The third-order valence-electron chi connectivity index (χ3n) is 10.9. The van der Waals surface area contributed by atoms with E-state index in [4.69, 9.17) is 9.47 Å². The zero-order chi connectivity index (χ0) is 43.9. The first-order chi connectivity index (χ1) is 28.5. The first kappa shape index (κ1) is 47.5. The molecular weight excluding hydrogens is 775 g/mol. The van der Waals surface area contributed by atoms with Crippen LogP contribution in [0.25, 0.3) is 0 Å². The van der Waals surface area contributed by atoms with E-state index >= 15 is 0 Å². The SMILES string of the molecule is CC(=O)CC[C@H]1C(=O)N[C@@H](C(C)C)C(=O)N[C@@H](Cc2cccc(O)c2)C(=O)N2CCCC(N2)C(=O)O[C@H](/C(C)=C/C=C/C(=O)N2CCOC2)C/C=C/C=C/[C@H](O)[C@H](C)[C@H]1O. The molecular formula is C44H61N5O11. The van der Waals surface area contributed by atoms with Gasteiger partial charge in [0.2, 0.25) is 17.7 Å². The third-order valence-corrected chi connectivity index (χ3v) is 10.9. The molecule has 0 aromatic heterocycles. The Kier molecular flexibility index (Phi) is 18.2. The molecule has 0 saturated carbocycles. The van der Waals surface area contributed by atoms with Crippen LogP contribution in [0.15, 0.2) is 72.4 Å². The predicted octanol–water partition coefficient (Wildman–Crippen LogP) is 2.15. The summed E-state index contributed by atoms with van der Waals surface area (Å²) in [5, 5.41) is 39.6. The van der Waals surface area contributed by atoms with Crippen LogP contribution in [0.4, 0.5) is 0 Å². The van der Waals surface area contributed by atoms with Crippen molar-refractivity contribution in [2.24, 2.45) is 17.8 Å². The average Bonchev–Trinajstić information content (AvgIpc) is 3.76. The summed E-state index contributed by atoms with van der Waals surface area (Å²) in [4.78, 5) is 82.3. The Bertz CT molecular complexity index is 1800. The fourth-order valence-electron chi connectivity index (χ4n) is 7.13. The Labute approximate surface area is 351 Å². The number of Topliss-reactive ketones (excluding diaryl/α,β-unsaturated/α-hetero) is 1. The number of ketones is 1. The molecule has 3 aliphatic heterocycles. The second-order valence-corrected chi connectivity index (χ2v) is 16.0. The number of fused-ring (bicyclic) bond motifs is 2. The van der Waals surface area contributed by atoms with Crippen molar-refractivity contribution in [1.29, 1.82) is 0 Å². The molecule has 328 valence electrons.